The van der Waals surface area contributed by atoms with Gasteiger partial charge < -0.3 is 5.32 Å². The molecule has 4 heteroatoms. The van der Waals surface area contributed by atoms with Gasteiger partial charge in [-0.1, -0.05) is 20.8 Å². The Morgan fingerprint density at radius 3 is 2.22 bits per heavy atom. The first kappa shape index (κ1) is 12.7. The fraction of sp³-hybridized carbons (Fsp3) is 0.500. The third-order valence-corrected chi connectivity index (χ3v) is 3.50. The molecule has 0 radical (unpaired) electrons. The maximum absolute atomic E-state index is 12.0. The van der Waals surface area contributed by atoms with Crippen molar-refractivity contribution in [1.82, 2.24) is 9.13 Å². The summed E-state index contributed by atoms with van der Waals surface area (Å²) in [7, 11) is 5.51. The number of rotatable bonds is 1. The number of nitrogens with one attached hydrogen (secondary N) is 1. The van der Waals surface area contributed by atoms with Gasteiger partial charge in [-0.25, -0.2) is 4.79 Å². The average molecular weight is 247 g/mol. The highest BCUT2D eigenvalue weighted by Crippen LogP contribution is 2.30. The molecule has 0 bridgehead atoms. The Hall–Kier alpha value is -1.71. The number of aryl methyl sites for hydroxylation is 2. The molecular weight excluding hydrogens is 226 g/mol. The monoisotopic (exact) mass is 247 g/mol. The van der Waals surface area contributed by atoms with E-state index >= 15 is 0 Å². The molecule has 1 heterocycles. The van der Waals surface area contributed by atoms with Crippen molar-refractivity contribution in [3.8, 4) is 0 Å². The van der Waals surface area contributed by atoms with Gasteiger partial charge in [0.2, 0.25) is 0 Å². The second-order valence-electron chi connectivity index (χ2n) is 5.79. The van der Waals surface area contributed by atoms with Gasteiger partial charge in [-0.15, -0.1) is 0 Å². The number of fused-ring (bicyclic) bond motifs is 1. The predicted molar refractivity (Wildman–Crippen MR) is 76.4 cm³/mol. The lowest BCUT2D eigenvalue weighted by Crippen LogP contribution is -2.19. The molecule has 98 valence electrons. The highest BCUT2D eigenvalue weighted by molar-refractivity contribution is 5.90. The lowest BCUT2D eigenvalue weighted by molar-refractivity contribution is 0.591. The zero-order valence-corrected chi connectivity index (χ0v) is 12.0. The molecular formula is C14H21N3O. The van der Waals surface area contributed by atoms with Crippen LogP contribution in [0.25, 0.3) is 11.0 Å². The minimum Gasteiger partial charge on any atom is -0.386 e. The van der Waals surface area contributed by atoms with Crippen LogP contribution in [0.4, 0.5) is 5.69 Å². The Balaban J connectivity index is 2.94. The molecule has 0 aliphatic carbocycles. The Labute approximate surface area is 107 Å². The zero-order chi connectivity index (χ0) is 13.7. The van der Waals surface area contributed by atoms with E-state index in [2.05, 4.69) is 38.2 Å². The Morgan fingerprint density at radius 2 is 1.72 bits per heavy atom. The molecule has 0 aliphatic heterocycles. The van der Waals surface area contributed by atoms with Gasteiger partial charge in [0.1, 0.15) is 0 Å². The minimum atomic E-state index is 0.00700. The Kier molecular flexibility index (Phi) is 2.76. The lowest BCUT2D eigenvalue weighted by Gasteiger charge is -2.20. The van der Waals surface area contributed by atoms with Crippen molar-refractivity contribution in [2.75, 3.05) is 12.4 Å². The van der Waals surface area contributed by atoms with Crippen molar-refractivity contribution >= 4 is 16.7 Å². The van der Waals surface area contributed by atoms with E-state index in [0.29, 0.717) is 0 Å². The summed E-state index contributed by atoms with van der Waals surface area (Å²) < 4.78 is 3.39. The van der Waals surface area contributed by atoms with E-state index in [1.165, 1.54) is 5.56 Å². The molecule has 0 aliphatic rings. The SMILES string of the molecule is CNc1cc(C(C)(C)C)cc2c1n(C)c(=O)n2C. The van der Waals surface area contributed by atoms with E-state index in [0.717, 1.165) is 16.7 Å². The maximum atomic E-state index is 12.0. The topological polar surface area (TPSA) is 39.0 Å². The van der Waals surface area contributed by atoms with Crippen molar-refractivity contribution in [3.05, 3.63) is 28.2 Å². The number of nitrogens with zero attached hydrogens (tertiary/aromatic N) is 2. The number of benzene rings is 1. The van der Waals surface area contributed by atoms with Crippen LogP contribution in [0, 0.1) is 0 Å². The standard InChI is InChI=1S/C14H21N3O/c1-14(2,3)9-7-10(15-4)12-11(8-9)16(5)13(18)17(12)6/h7-8,15H,1-6H3. The van der Waals surface area contributed by atoms with Crippen LogP contribution in [-0.2, 0) is 19.5 Å². The summed E-state index contributed by atoms with van der Waals surface area (Å²) in [5.74, 6) is 0. The molecule has 18 heavy (non-hydrogen) atoms. The van der Waals surface area contributed by atoms with E-state index in [9.17, 15) is 4.79 Å². The summed E-state index contributed by atoms with van der Waals surface area (Å²) in [6.07, 6.45) is 0. The summed E-state index contributed by atoms with van der Waals surface area (Å²) >= 11 is 0. The number of imidazole rings is 1. The van der Waals surface area contributed by atoms with Gasteiger partial charge in [0, 0.05) is 21.1 Å². The van der Waals surface area contributed by atoms with Crippen LogP contribution in [0.1, 0.15) is 26.3 Å². The second-order valence-corrected chi connectivity index (χ2v) is 5.79. The van der Waals surface area contributed by atoms with E-state index < -0.39 is 0 Å². The molecule has 0 saturated heterocycles. The Bertz CT molecular complexity index is 656. The average Bonchev–Trinajstić information content (AvgIpc) is 2.52. The number of aromatic nitrogens is 2. The number of hydrogen-bond acceptors (Lipinski definition) is 2. The van der Waals surface area contributed by atoms with Crippen LogP contribution in [0.5, 0.6) is 0 Å². The van der Waals surface area contributed by atoms with Crippen molar-refractivity contribution in [2.24, 2.45) is 14.1 Å². The van der Waals surface area contributed by atoms with Crippen LogP contribution in [0.15, 0.2) is 16.9 Å². The smallest absolute Gasteiger partial charge is 0.328 e. The molecule has 1 aromatic carbocycles. The molecule has 0 amide bonds. The fourth-order valence-corrected chi connectivity index (χ4v) is 2.27. The summed E-state index contributed by atoms with van der Waals surface area (Å²) in [6, 6.07) is 4.24. The first-order chi connectivity index (χ1) is 8.27. The quantitative estimate of drug-likeness (QED) is 0.839. The van der Waals surface area contributed by atoms with Gasteiger partial charge in [-0.05, 0) is 23.1 Å². The first-order valence-electron chi connectivity index (χ1n) is 6.15. The highest BCUT2D eigenvalue weighted by atomic mass is 16.1. The molecule has 0 fully saturated rings. The van der Waals surface area contributed by atoms with E-state index in [4.69, 9.17) is 0 Å². The third-order valence-electron chi connectivity index (χ3n) is 3.50. The lowest BCUT2D eigenvalue weighted by atomic mass is 9.86. The zero-order valence-electron chi connectivity index (χ0n) is 12.0. The van der Waals surface area contributed by atoms with E-state index in [-0.39, 0.29) is 11.1 Å². The summed E-state index contributed by atoms with van der Waals surface area (Å²) in [4.78, 5) is 12.0. The van der Waals surface area contributed by atoms with Crippen molar-refractivity contribution in [3.63, 3.8) is 0 Å². The maximum Gasteiger partial charge on any atom is 0.328 e. The van der Waals surface area contributed by atoms with Crippen molar-refractivity contribution in [1.29, 1.82) is 0 Å². The van der Waals surface area contributed by atoms with E-state index in [1.807, 2.05) is 21.1 Å². The van der Waals surface area contributed by atoms with Crippen LogP contribution >= 0.6 is 0 Å². The summed E-state index contributed by atoms with van der Waals surface area (Å²) in [5, 5.41) is 3.19. The fourth-order valence-electron chi connectivity index (χ4n) is 2.27. The molecule has 0 spiro atoms. The van der Waals surface area contributed by atoms with Gasteiger partial charge in [0.15, 0.2) is 0 Å². The molecule has 1 aromatic heterocycles. The Morgan fingerprint density at radius 1 is 1.11 bits per heavy atom. The first-order valence-corrected chi connectivity index (χ1v) is 6.15. The van der Waals surface area contributed by atoms with Gasteiger partial charge in [-0.3, -0.25) is 9.13 Å². The van der Waals surface area contributed by atoms with Crippen LogP contribution in [0.3, 0.4) is 0 Å². The molecule has 0 unspecified atom stereocenters. The predicted octanol–water partition coefficient (Wildman–Crippen LogP) is 2.22. The van der Waals surface area contributed by atoms with Crippen molar-refractivity contribution < 1.29 is 0 Å². The minimum absolute atomic E-state index is 0.00700. The molecule has 0 saturated carbocycles. The molecule has 4 nitrogen and oxygen atoms in total. The normalized spacial score (nSPS) is 12.1. The van der Waals surface area contributed by atoms with Crippen LogP contribution in [0.2, 0.25) is 0 Å². The molecule has 2 rings (SSSR count). The van der Waals surface area contributed by atoms with Crippen LogP contribution in [-0.4, -0.2) is 16.2 Å². The molecule has 0 atom stereocenters. The van der Waals surface area contributed by atoms with Gasteiger partial charge >= 0.3 is 5.69 Å². The third kappa shape index (κ3) is 1.72. The van der Waals surface area contributed by atoms with Crippen molar-refractivity contribution in [2.45, 2.75) is 26.2 Å². The van der Waals surface area contributed by atoms with E-state index in [1.54, 1.807) is 9.13 Å². The molecule has 1 N–H and O–H groups in total. The summed E-state index contributed by atoms with van der Waals surface area (Å²) in [5.41, 5.74) is 4.22. The molecule has 2 aromatic rings. The van der Waals surface area contributed by atoms with Gasteiger partial charge in [-0.2, -0.15) is 0 Å². The highest BCUT2D eigenvalue weighted by Gasteiger charge is 2.19. The number of hydrogen-bond donors (Lipinski definition) is 1. The van der Waals surface area contributed by atoms with Gasteiger partial charge in [0.25, 0.3) is 0 Å². The summed E-state index contributed by atoms with van der Waals surface area (Å²) in [6.45, 7) is 6.53. The van der Waals surface area contributed by atoms with Crippen LogP contribution < -0.4 is 11.0 Å². The number of anilines is 1. The largest absolute Gasteiger partial charge is 0.386 e. The van der Waals surface area contributed by atoms with Gasteiger partial charge in [0.05, 0.1) is 16.7 Å². The second kappa shape index (κ2) is 3.90.